The molecule has 4 atom stereocenters. The zero-order valence-corrected chi connectivity index (χ0v) is 12.0. The van der Waals surface area contributed by atoms with Crippen LogP contribution in [0.25, 0.3) is 0 Å². The van der Waals surface area contributed by atoms with Gasteiger partial charge in [-0.3, -0.25) is 4.79 Å². The molecule has 0 bridgehead atoms. The molecule has 1 N–H and O–H groups in total. The standard InChI is InChI=1S/C14H23F3N2O/c1-9-4-3-5-10(2)19(9)13(20)12-7-6-11(8-18-12)14(15,16)17/h9-12,18H,3-8H2,1-2H3. The van der Waals surface area contributed by atoms with Gasteiger partial charge in [0.25, 0.3) is 0 Å². The molecule has 2 aliphatic heterocycles. The van der Waals surface area contributed by atoms with Gasteiger partial charge in [0.05, 0.1) is 12.0 Å². The lowest BCUT2D eigenvalue weighted by Crippen LogP contribution is -2.57. The minimum atomic E-state index is -4.16. The highest BCUT2D eigenvalue weighted by Gasteiger charge is 2.43. The van der Waals surface area contributed by atoms with Crippen molar-refractivity contribution in [2.45, 2.75) is 70.3 Å². The highest BCUT2D eigenvalue weighted by Crippen LogP contribution is 2.33. The summed E-state index contributed by atoms with van der Waals surface area (Å²) in [6.45, 7) is 3.90. The minimum Gasteiger partial charge on any atom is -0.336 e. The van der Waals surface area contributed by atoms with Crippen LogP contribution in [0.3, 0.4) is 0 Å². The van der Waals surface area contributed by atoms with E-state index in [1.165, 1.54) is 0 Å². The molecule has 2 aliphatic rings. The third-order valence-electron chi connectivity index (χ3n) is 4.62. The molecule has 3 nitrogen and oxygen atoms in total. The predicted molar refractivity (Wildman–Crippen MR) is 70.2 cm³/mol. The van der Waals surface area contributed by atoms with Crippen molar-refractivity contribution < 1.29 is 18.0 Å². The first-order valence-corrected chi connectivity index (χ1v) is 7.43. The van der Waals surface area contributed by atoms with Crippen LogP contribution in [0.1, 0.15) is 46.0 Å². The number of carbonyl (C=O) groups excluding carboxylic acids is 1. The molecule has 0 aromatic rings. The Morgan fingerprint density at radius 1 is 1.10 bits per heavy atom. The largest absolute Gasteiger partial charge is 0.393 e. The van der Waals surface area contributed by atoms with Gasteiger partial charge in [-0.15, -0.1) is 0 Å². The number of likely N-dealkylation sites (tertiary alicyclic amines) is 1. The van der Waals surface area contributed by atoms with Crippen LogP contribution in [0.15, 0.2) is 0 Å². The number of hydrogen-bond donors (Lipinski definition) is 1. The van der Waals surface area contributed by atoms with E-state index in [4.69, 9.17) is 0 Å². The second-order valence-electron chi connectivity index (χ2n) is 6.15. The van der Waals surface area contributed by atoms with E-state index in [1.54, 1.807) is 0 Å². The van der Waals surface area contributed by atoms with Crippen LogP contribution < -0.4 is 5.32 Å². The van der Waals surface area contributed by atoms with Gasteiger partial charge in [-0.25, -0.2) is 0 Å². The summed E-state index contributed by atoms with van der Waals surface area (Å²) in [6, 6.07) is -0.0709. The molecule has 2 saturated heterocycles. The first-order chi connectivity index (χ1) is 9.30. The Kier molecular flexibility index (Phi) is 4.62. The van der Waals surface area contributed by atoms with Gasteiger partial charge in [0, 0.05) is 18.6 Å². The molecule has 0 saturated carbocycles. The zero-order valence-electron chi connectivity index (χ0n) is 12.0. The first kappa shape index (κ1) is 15.6. The molecule has 0 radical (unpaired) electrons. The van der Waals surface area contributed by atoms with Crippen molar-refractivity contribution >= 4 is 5.91 Å². The second-order valence-corrected chi connectivity index (χ2v) is 6.15. The lowest BCUT2D eigenvalue weighted by Gasteiger charge is -2.42. The third kappa shape index (κ3) is 3.27. The van der Waals surface area contributed by atoms with Gasteiger partial charge in [0.2, 0.25) is 5.91 Å². The van der Waals surface area contributed by atoms with E-state index in [9.17, 15) is 18.0 Å². The molecule has 116 valence electrons. The van der Waals surface area contributed by atoms with Gasteiger partial charge >= 0.3 is 6.18 Å². The maximum absolute atomic E-state index is 12.6. The molecule has 0 aromatic heterocycles. The molecule has 4 unspecified atom stereocenters. The summed E-state index contributed by atoms with van der Waals surface area (Å²) in [6.07, 6.45) is -0.766. The Hall–Kier alpha value is -0.780. The number of halogens is 3. The van der Waals surface area contributed by atoms with Gasteiger partial charge in [-0.2, -0.15) is 13.2 Å². The predicted octanol–water partition coefficient (Wildman–Crippen LogP) is 2.71. The summed E-state index contributed by atoms with van der Waals surface area (Å²) in [5.74, 6) is -1.34. The number of rotatable bonds is 1. The normalized spacial score (nSPS) is 36.0. The fourth-order valence-electron chi connectivity index (χ4n) is 3.38. The number of piperidine rings is 2. The average Bonchev–Trinajstić information content (AvgIpc) is 2.37. The number of amides is 1. The third-order valence-corrected chi connectivity index (χ3v) is 4.62. The minimum absolute atomic E-state index is 0.0228. The van der Waals surface area contributed by atoms with Crippen molar-refractivity contribution in [3.05, 3.63) is 0 Å². The maximum atomic E-state index is 12.6. The Morgan fingerprint density at radius 2 is 1.70 bits per heavy atom. The van der Waals surface area contributed by atoms with E-state index in [-0.39, 0.29) is 37.4 Å². The molecule has 2 rings (SSSR count). The molecular formula is C14H23F3N2O. The van der Waals surface area contributed by atoms with Crippen LogP contribution in [0, 0.1) is 5.92 Å². The topological polar surface area (TPSA) is 32.3 Å². The van der Waals surface area contributed by atoms with Crippen LogP contribution in [0.5, 0.6) is 0 Å². The average molecular weight is 292 g/mol. The molecule has 20 heavy (non-hydrogen) atoms. The zero-order chi connectivity index (χ0) is 14.9. The maximum Gasteiger partial charge on any atom is 0.393 e. The Morgan fingerprint density at radius 3 is 2.15 bits per heavy atom. The Balaban J connectivity index is 1.94. The molecular weight excluding hydrogens is 269 g/mol. The van der Waals surface area contributed by atoms with Crippen LogP contribution >= 0.6 is 0 Å². The quantitative estimate of drug-likeness (QED) is 0.806. The van der Waals surface area contributed by atoms with Crippen LogP contribution in [0.2, 0.25) is 0 Å². The number of hydrogen-bond acceptors (Lipinski definition) is 2. The SMILES string of the molecule is CC1CCCC(C)N1C(=O)C1CCC(C(F)(F)F)CN1. The molecule has 2 heterocycles. The Bertz CT molecular complexity index is 341. The van der Waals surface area contributed by atoms with Crippen molar-refractivity contribution in [3.8, 4) is 0 Å². The fourth-order valence-corrected chi connectivity index (χ4v) is 3.38. The molecule has 2 fully saturated rings. The molecule has 6 heteroatoms. The van der Waals surface area contributed by atoms with Gasteiger partial charge in [0.1, 0.15) is 0 Å². The monoisotopic (exact) mass is 292 g/mol. The van der Waals surface area contributed by atoms with Crippen molar-refractivity contribution in [1.29, 1.82) is 0 Å². The summed E-state index contributed by atoms with van der Waals surface area (Å²) >= 11 is 0. The van der Waals surface area contributed by atoms with Crippen molar-refractivity contribution in [1.82, 2.24) is 10.2 Å². The molecule has 0 aromatic carbocycles. The van der Waals surface area contributed by atoms with Gasteiger partial charge in [-0.05, 0) is 46.0 Å². The van der Waals surface area contributed by atoms with Gasteiger partial charge < -0.3 is 10.2 Å². The molecule has 0 aliphatic carbocycles. The van der Waals surface area contributed by atoms with Crippen molar-refractivity contribution in [2.24, 2.45) is 5.92 Å². The number of alkyl halides is 3. The summed E-state index contributed by atoms with van der Waals surface area (Å²) in [5, 5.41) is 2.80. The van der Waals surface area contributed by atoms with Gasteiger partial charge in [0.15, 0.2) is 0 Å². The van der Waals surface area contributed by atoms with Crippen LogP contribution in [-0.4, -0.2) is 41.7 Å². The summed E-state index contributed by atoms with van der Waals surface area (Å²) in [5.41, 5.74) is 0. The summed E-state index contributed by atoms with van der Waals surface area (Å²) in [4.78, 5) is 14.4. The smallest absolute Gasteiger partial charge is 0.336 e. The van der Waals surface area contributed by atoms with E-state index >= 15 is 0 Å². The molecule has 0 spiro atoms. The highest BCUT2D eigenvalue weighted by molar-refractivity contribution is 5.82. The number of carbonyl (C=O) groups is 1. The molecule has 1 amide bonds. The lowest BCUT2D eigenvalue weighted by molar-refractivity contribution is -0.181. The van der Waals surface area contributed by atoms with Gasteiger partial charge in [-0.1, -0.05) is 0 Å². The van der Waals surface area contributed by atoms with Crippen molar-refractivity contribution in [3.63, 3.8) is 0 Å². The van der Waals surface area contributed by atoms with Crippen LogP contribution in [0.4, 0.5) is 13.2 Å². The van der Waals surface area contributed by atoms with E-state index < -0.39 is 18.1 Å². The van der Waals surface area contributed by atoms with E-state index in [0.29, 0.717) is 0 Å². The number of nitrogens with zero attached hydrogens (tertiary/aromatic N) is 1. The number of nitrogens with one attached hydrogen (secondary N) is 1. The van der Waals surface area contributed by atoms with Crippen LogP contribution in [-0.2, 0) is 4.79 Å². The fraction of sp³-hybridized carbons (Fsp3) is 0.929. The van der Waals surface area contributed by atoms with E-state index in [2.05, 4.69) is 5.32 Å². The summed E-state index contributed by atoms with van der Waals surface area (Å²) in [7, 11) is 0. The lowest BCUT2D eigenvalue weighted by atomic mass is 9.91. The van der Waals surface area contributed by atoms with E-state index in [0.717, 1.165) is 19.3 Å². The second kappa shape index (κ2) is 5.92. The van der Waals surface area contributed by atoms with Crippen molar-refractivity contribution in [2.75, 3.05) is 6.54 Å². The first-order valence-electron chi connectivity index (χ1n) is 7.43. The Labute approximate surface area is 117 Å². The highest BCUT2D eigenvalue weighted by atomic mass is 19.4. The van der Waals surface area contributed by atoms with E-state index in [1.807, 2.05) is 18.7 Å². The summed E-state index contributed by atoms with van der Waals surface area (Å²) < 4.78 is 37.8.